The molecule has 2 aliphatic rings. The Bertz CT molecular complexity index is 540. The number of hydrogen-bond donors (Lipinski definition) is 0. The van der Waals surface area contributed by atoms with Gasteiger partial charge in [-0.2, -0.15) is 0 Å². The van der Waals surface area contributed by atoms with Gasteiger partial charge in [0.2, 0.25) is 0 Å². The van der Waals surface area contributed by atoms with Crippen LogP contribution in [0.3, 0.4) is 0 Å². The Morgan fingerprint density at radius 2 is 1.48 bits per heavy atom. The van der Waals surface area contributed by atoms with Crippen molar-refractivity contribution in [1.82, 2.24) is 8.98 Å². The summed E-state index contributed by atoms with van der Waals surface area (Å²) in [5.41, 5.74) is 0. The lowest BCUT2D eigenvalue weighted by atomic mass is 10.2. The van der Waals surface area contributed by atoms with Gasteiger partial charge in [-0.1, -0.05) is 24.6 Å². The van der Waals surface area contributed by atoms with Crippen LogP contribution in [0.5, 0.6) is 5.75 Å². The normalized spacial score (nSPS) is 23.3. The second kappa shape index (κ2) is 8.35. The lowest BCUT2D eigenvalue weighted by Crippen LogP contribution is -2.32. The zero-order chi connectivity index (χ0) is 16.1. The molecule has 6 heteroatoms. The van der Waals surface area contributed by atoms with Crippen molar-refractivity contribution >= 4 is 34.1 Å². The molecule has 0 saturated carbocycles. The standard InChI is InChI=1S/C17H27N2OPS2/c1-20-16-8-10-17(11-9-16)21(22,18-12-4-2-5-13-18)23-19-14-6-3-7-15-19/h8-11H,2-7,12-15H2,1H3. The first-order valence-corrected chi connectivity index (χ1v) is 12.8. The molecular formula is C17H27N2OPS2. The molecule has 128 valence electrons. The Kier molecular flexibility index (Phi) is 6.45. The van der Waals surface area contributed by atoms with E-state index in [4.69, 9.17) is 16.5 Å². The molecule has 0 spiro atoms. The molecular weight excluding hydrogens is 343 g/mol. The van der Waals surface area contributed by atoms with Crippen LogP contribution < -0.4 is 10.0 Å². The number of piperidine rings is 2. The fraction of sp³-hybridized carbons (Fsp3) is 0.647. The van der Waals surface area contributed by atoms with Gasteiger partial charge in [-0.3, -0.25) is 4.67 Å². The average molecular weight is 371 g/mol. The molecule has 3 nitrogen and oxygen atoms in total. The van der Waals surface area contributed by atoms with Crippen molar-refractivity contribution in [3.63, 3.8) is 0 Å². The van der Waals surface area contributed by atoms with E-state index in [1.165, 1.54) is 56.9 Å². The average Bonchev–Trinajstić information content (AvgIpc) is 2.63. The number of rotatable bonds is 5. The van der Waals surface area contributed by atoms with Gasteiger partial charge < -0.3 is 4.74 Å². The predicted molar refractivity (Wildman–Crippen MR) is 105 cm³/mol. The van der Waals surface area contributed by atoms with E-state index in [1.54, 1.807) is 7.11 Å². The molecule has 0 bridgehead atoms. The van der Waals surface area contributed by atoms with Crippen LogP contribution >= 0.6 is 17.0 Å². The maximum atomic E-state index is 6.37. The fourth-order valence-electron chi connectivity index (χ4n) is 3.28. The molecule has 1 atom stereocenters. The summed E-state index contributed by atoms with van der Waals surface area (Å²) in [6.07, 6.45) is 7.91. The van der Waals surface area contributed by atoms with Crippen molar-refractivity contribution < 1.29 is 4.74 Å². The first kappa shape index (κ1) is 17.8. The van der Waals surface area contributed by atoms with E-state index in [0.717, 1.165) is 18.8 Å². The minimum absolute atomic E-state index is 0.914. The van der Waals surface area contributed by atoms with Crippen LogP contribution in [0.15, 0.2) is 24.3 Å². The maximum absolute atomic E-state index is 6.37. The van der Waals surface area contributed by atoms with Crippen LogP contribution in [-0.4, -0.2) is 42.3 Å². The first-order chi connectivity index (χ1) is 11.2. The van der Waals surface area contributed by atoms with Gasteiger partial charge in [0.05, 0.1) is 7.11 Å². The van der Waals surface area contributed by atoms with Crippen LogP contribution in [0.4, 0.5) is 0 Å². The van der Waals surface area contributed by atoms with Gasteiger partial charge >= 0.3 is 0 Å². The largest absolute Gasteiger partial charge is 0.497 e. The van der Waals surface area contributed by atoms with Gasteiger partial charge in [-0.05, 0) is 61.5 Å². The molecule has 1 aromatic rings. The van der Waals surface area contributed by atoms with E-state index < -0.39 is 5.39 Å². The third-order valence-electron chi connectivity index (χ3n) is 4.64. The minimum atomic E-state index is -1.79. The second-order valence-electron chi connectivity index (χ2n) is 6.30. The van der Waals surface area contributed by atoms with E-state index in [9.17, 15) is 0 Å². The summed E-state index contributed by atoms with van der Waals surface area (Å²) in [6, 6.07) is 8.53. The quantitative estimate of drug-likeness (QED) is 0.567. The third kappa shape index (κ3) is 4.32. The molecule has 0 amide bonds. The highest BCUT2D eigenvalue weighted by molar-refractivity contribution is 8.71. The Balaban J connectivity index is 1.85. The Morgan fingerprint density at radius 3 is 2.04 bits per heavy atom. The number of ether oxygens (including phenoxy) is 1. The molecule has 3 rings (SSSR count). The lowest BCUT2D eigenvalue weighted by Gasteiger charge is -2.40. The smallest absolute Gasteiger partial charge is 0.118 e. The highest BCUT2D eigenvalue weighted by Crippen LogP contribution is 2.63. The number of methoxy groups -OCH3 is 1. The molecule has 2 heterocycles. The number of nitrogens with zero attached hydrogens (tertiary/aromatic N) is 2. The molecule has 0 aromatic heterocycles. The summed E-state index contributed by atoms with van der Waals surface area (Å²) < 4.78 is 10.5. The van der Waals surface area contributed by atoms with E-state index in [-0.39, 0.29) is 0 Å². The third-order valence-corrected chi connectivity index (χ3v) is 12.2. The van der Waals surface area contributed by atoms with Gasteiger partial charge in [0, 0.05) is 31.5 Å². The fourth-order valence-corrected chi connectivity index (χ4v) is 10.5. The highest BCUT2D eigenvalue weighted by atomic mass is 32.9. The molecule has 1 aromatic carbocycles. The van der Waals surface area contributed by atoms with E-state index in [0.29, 0.717) is 0 Å². The van der Waals surface area contributed by atoms with Crippen LogP contribution in [0, 0.1) is 0 Å². The van der Waals surface area contributed by atoms with Crippen molar-refractivity contribution in [2.75, 3.05) is 33.3 Å². The Morgan fingerprint density at radius 1 is 0.913 bits per heavy atom. The lowest BCUT2D eigenvalue weighted by molar-refractivity contribution is 0.369. The molecule has 2 fully saturated rings. The van der Waals surface area contributed by atoms with Crippen molar-refractivity contribution in [3.05, 3.63) is 24.3 Å². The maximum Gasteiger partial charge on any atom is 0.118 e. The van der Waals surface area contributed by atoms with Gasteiger partial charge in [0.1, 0.15) is 11.1 Å². The summed E-state index contributed by atoms with van der Waals surface area (Å²) in [6.45, 7) is 4.69. The summed E-state index contributed by atoms with van der Waals surface area (Å²) in [7, 11) is 1.72. The van der Waals surface area contributed by atoms with Crippen LogP contribution in [0.2, 0.25) is 0 Å². The summed E-state index contributed by atoms with van der Waals surface area (Å²) in [5, 5.41) is -0.467. The van der Waals surface area contributed by atoms with Gasteiger partial charge in [0.25, 0.3) is 0 Å². The molecule has 1 unspecified atom stereocenters. The minimum Gasteiger partial charge on any atom is -0.497 e. The second-order valence-corrected chi connectivity index (χ2v) is 13.5. The number of benzene rings is 1. The summed E-state index contributed by atoms with van der Waals surface area (Å²) in [4.78, 5) is 0. The first-order valence-electron chi connectivity index (χ1n) is 8.67. The van der Waals surface area contributed by atoms with Crippen molar-refractivity contribution in [1.29, 1.82) is 0 Å². The van der Waals surface area contributed by atoms with E-state index >= 15 is 0 Å². The van der Waals surface area contributed by atoms with Crippen molar-refractivity contribution in [2.24, 2.45) is 0 Å². The van der Waals surface area contributed by atoms with Gasteiger partial charge in [-0.25, -0.2) is 4.31 Å². The van der Waals surface area contributed by atoms with Crippen molar-refractivity contribution in [3.8, 4) is 5.75 Å². The van der Waals surface area contributed by atoms with E-state index in [1.807, 2.05) is 11.6 Å². The molecule has 0 radical (unpaired) electrons. The molecule has 23 heavy (non-hydrogen) atoms. The van der Waals surface area contributed by atoms with E-state index in [2.05, 4.69) is 33.2 Å². The summed E-state index contributed by atoms with van der Waals surface area (Å²) >= 11 is 8.35. The van der Waals surface area contributed by atoms with Gasteiger partial charge in [0.15, 0.2) is 0 Å². The van der Waals surface area contributed by atoms with Crippen LogP contribution in [0.25, 0.3) is 0 Å². The zero-order valence-electron chi connectivity index (χ0n) is 13.9. The monoisotopic (exact) mass is 370 g/mol. The topological polar surface area (TPSA) is 15.7 Å². The van der Waals surface area contributed by atoms with Gasteiger partial charge in [-0.15, -0.1) is 0 Å². The highest BCUT2D eigenvalue weighted by Gasteiger charge is 2.32. The molecule has 2 aliphatic heterocycles. The molecule has 0 aliphatic carbocycles. The molecule has 2 saturated heterocycles. The Hall–Kier alpha value is -0.0600. The van der Waals surface area contributed by atoms with Crippen LogP contribution in [0.1, 0.15) is 38.5 Å². The number of hydrogen-bond acceptors (Lipinski definition) is 4. The van der Waals surface area contributed by atoms with Crippen molar-refractivity contribution in [2.45, 2.75) is 38.5 Å². The SMILES string of the molecule is COc1ccc(P(=S)(SN2CCCCC2)N2CCCCC2)cc1. The predicted octanol–water partition coefficient (Wildman–Crippen LogP) is 4.25. The summed E-state index contributed by atoms with van der Waals surface area (Å²) in [5.74, 6) is 0.914. The molecule has 0 N–H and O–H groups in total. The zero-order valence-corrected chi connectivity index (χ0v) is 16.5. The van der Waals surface area contributed by atoms with Crippen LogP contribution in [-0.2, 0) is 11.8 Å². The Labute approximate surface area is 149 Å².